The monoisotopic (exact) mass is 499 g/mol. The van der Waals surface area contributed by atoms with Gasteiger partial charge in [0.15, 0.2) is 0 Å². The number of hydrogen-bond donors (Lipinski definition) is 1. The molecule has 0 aliphatic heterocycles. The molecule has 1 amide bonds. The highest BCUT2D eigenvalue weighted by molar-refractivity contribution is 14.1. The Labute approximate surface area is 184 Å². The van der Waals surface area contributed by atoms with Crippen LogP contribution in [-0.4, -0.2) is 25.0 Å². The van der Waals surface area contributed by atoms with E-state index in [4.69, 9.17) is 4.74 Å². The first-order valence-corrected chi connectivity index (χ1v) is 10.4. The summed E-state index contributed by atoms with van der Waals surface area (Å²) in [4.78, 5) is 25.7. The van der Waals surface area contributed by atoms with E-state index in [0.717, 1.165) is 20.3 Å². The molecule has 29 heavy (non-hydrogen) atoms. The van der Waals surface area contributed by atoms with Crippen molar-refractivity contribution in [3.05, 3.63) is 105 Å². The molecule has 0 saturated carbocycles. The Morgan fingerprint density at radius 2 is 1.38 bits per heavy atom. The summed E-state index contributed by atoms with van der Waals surface area (Å²) >= 11 is 2.23. The van der Waals surface area contributed by atoms with Crippen molar-refractivity contribution in [1.29, 1.82) is 0 Å². The summed E-state index contributed by atoms with van der Waals surface area (Å²) in [6.45, 7) is 0. The van der Waals surface area contributed by atoms with Gasteiger partial charge in [-0.25, -0.2) is 4.79 Å². The van der Waals surface area contributed by atoms with E-state index in [1.165, 1.54) is 7.11 Å². The molecule has 4 nitrogen and oxygen atoms in total. The van der Waals surface area contributed by atoms with Gasteiger partial charge in [0, 0.05) is 9.99 Å². The third-order valence-corrected chi connectivity index (χ3v) is 5.76. The lowest BCUT2D eigenvalue weighted by Crippen LogP contribution is -2.45. The Morgan fingerprint density at radius 3 is 1.90 bits per heavy atom. The van der Waals surface area contributed by atoms with E-state index >= 15 is 0 Å². The van der Waals surface area contributed by atoms with E-state index in [1.54, 1.807) is 0 Å². The molecule has 148 valence electrons. The minimum absolute atomic E-state index is 0.233. The second kappa shape index (κ2) is 10.2. The Bertz CT molecular complexity index is 921. The van der Waals surface area contributed by atoms with Crippen molar-refractivity contribution in [2.75, 3.05) is 7.11 Å². The van der Waals surface area contributed by atoms with Crippen molar-refractivity contribution in [2.45, 2.75) is 18.4 Å². The molecule has 0 spiro atoms. The second-order valence-electron chi connectivity index (χ2n) is 6.63. The Kier molecular flexibility index (Phi) is 7.41. The molecule has 0 radical (unpaired) electrons. The fraction of sp³-hybridized carbons (Fsp3) is 0.167. The van der Waals surface area contributed by atoms with Crippen molar-refractivity contribution in [1.82, 2.24) is 5.32 Å². The Hall–Kier alpha value is -2.67. The SMILES string of the molecule is COC(=O)[C@H](Cc1ccccc1I)NC(=O)C(c1ccccc1)c1ccccc1. The lowest BCUT2D eigenvalue weighted by atomic mass is 9.90. The number of rotatable bonds is 7. The van der Waals surface area contributed by atoms with Gasteiger partial charge in [-0.15, -0.1) is 0 Å². The highest BCUT2D eigenvalue weighted by Gasteiger charge is 2.28. The standard InChI is InChI=1S/C24H22INO3/c1-29-24(28)21(16-19-14-8-9-15-20(19)25)26-23(27)22(17-10-4-2-5-11-17)18-12-6-3-7-13-18/h2-15,21-22H,16H2,1H3,(H,26,27)/t21-/m0/s1. The number of nitrogens with one attached hydrogen (secondary N) is 1. The Morgan fingerprint density at radius 1 is 0.862 bits per heavy atom. The van der Waals surface area contributed by atoms with Crippen molar-refractivity contribution in [2.24, 2.45) is 0 Å². The van der Waals surface area contributed by atoms with Gasteiger partial charge in [-0.05, 0) is 45.3 Å². The number of benzene rings is 3. The quantitative estimate of drug-likeness (QED) is 0.389. The van der Waals surface area contributed by atoms with Crippen LogP contribution < -0.4 is 5.32 Å². The molecule has 3 aromatic carbocycles. The van der Waals surface area contributed by atoms with Gasteiger partial charge in [-0.3, -0.25) is 4.79 Å². The number of methoxy groups -OCH3 is 1. The van der Waals surface area contributed by atoms with Gasteiger partial charge >= 0.3 is 5.97 Å². The van der Waals surface area contributed by atoms with Crippen LogP contribution in [0.1, 0.15) is 22.6 Å². The second-order valence-corrected chi connectivity index (χ2v) is 7.80. The van der Waals surface area contributed by atoms with Gasteiger partial charge in [0.25, 0.3) is 0 Å². The van der Waals surface area contributed by atoms with Crippen LogP contribution in [0.15, 0.2) is 84.9 Å². The number of halogens is 1. The van der Waals surface area contributed by atoms with E-state index in [0.29, 0.717) is 6.42 Å². The molecule has 3 rings (SSSR count). The first-order chi connectivity index (χ1) is 14.1. The van der Waals surface area contributed by atoms with Crippen LogP contribution in [0.25, 0.3) is 0 Å². The molecular formula is C24H22INO3. The number of hydrogen-bond acceptors (Lipinski definition) is 3. The summed E-state index contributed by atoms with van der Waals surface area (Å²) in [6, 6.07) is 26.2. The van der Waals surface area contributed by atoms with E-state index < -0.39 is 17.9 Å². The van der Waals surface area contributed by atoms with Crippen LogP contribution >= 0.6 is 22.6 Å². The average Bonchev–Trinajstić information content (AvgIpc) is 2.76. The van der Waals surface area contributed by atoms with Gasteiger partial charge in [-0.2, -0.15) is 0 Å². The van der Waals surface area contributed by atoms with Crippen LogP contribution in [0.4, 0.5) is 0 Å². The van der Waals surface area contributed by atoms with Gasteiger partial charge in [-0.1, -0.05) is 78.9 Å². The zero-order valence-electron chi connectivity index (χ0n) is 16.0. The third-order valence-electron chi connectivity index (χ3n) is 4.71. The number of carbonyl (C=O) groups excluding carboxylic acids is 2. The maximum absolute atomic E-state index is 13.3. The van der Waals surface area contributed by atoms with E-state index in [1.807, 2.05) is 84.9 Å². The summed E-state index contributed by atoms with van der Waals surface area (Å²) in [5, 5.41) is 2.92. The number of amides is 1. The van der Waals surface area contributed by atoms with E-state index in [-0.39, 0.29) is 5.91 Å². The van der Waals surface area contributed by atoms with Crippen LogP contribution in [-0.2, 0) is 20.7 Å². The van der Waals surface area contributed by atoms with Crippen LogP contribution in [0.2, 0.25) is 0 Å². The van der Waals surface area contributed by atoms with Crippen molar-refractivity contribution in [3.63, 3.8) is 0 Å². The van der Waals surface area contributed by atoms with E-state index in [2.05, 4.69) is 27.9 Å². The van der Waals surface area contributed by atoms with Crippen molar-refractivity contribution < 1.29 is 14.3 Å². The summed E-state index contributed by atoms with van der Waals surface area (Å²) < 4.78 is 6.00. The summed E-state index contributed by atoms with van der Waals surface area (Å²) in [7, 11) is 1.34. The topological polar surface area (TPSA) is 55.4 Å². The summed E-state index contributed by atoms with van der Waals surface area (Å²) in [6.07, 6.45) is 0.369. The highest BCUT2D eigenvalue weighted by Crippen LogP contribution is 2.25. The van der Waals surface area contributed by atoms with Gasteiger partial charge in [0.1, 0.15) is 6.04 Å². The molecule has 0 aliphatic carbocycles. The lowest BCUT2D eigenvalue weighted by Gasteiger charge is -2.22. The zero-order chi connectivity index (χ0) is 20.6. The number of esters is 1. The summed E-state index contributed by atoms with van der Waals surface area (Å²) in [5.74, 6) is -1.21. The number of carbonyl (C=O) groups is 2. The van der Waals surface area contributed by atoms with Crippen LogP contribution in [0, 0.1) is 3.57 Å². The molecule has 1 N–H and O–H groups in total. The smallest absolute Gasteiger partial charge is 0.328 e. The fourth-order valence-electron chi connectivity index (χ4n) is 3.26. The maximum atomic E-state index is 13.3. The third kappa shape index (κ3) is 5.44. The molecule has 0 aliphatic rings. The summed E-state index contributed by atoms with van der Waals surface area (Å²) in [5.41, 5.74) is 2.72. The van der Waals surface area contributed by atoms with Crippen LogP contribution in [0.3, 0.4) is 0 Å². The highest BCUT2D eigenvalue weighted by atomic mass is 127. The minimum atomic E-state index is -0.765. The lowest BCUT2D eigenvalue weighted by molar-refractivity contribution is -0.145. The molecule has 0 unspecified atom stereocenters. The molecule has 0 heterocycles. The molecule has 3 aromatic rings. The molecular weight excluding hydrogens is 477 g/mol. The molecule has 0 fully saturated rings. The zero-order valence-corrected chi connectivity index (χ0v) is 18.2. The molecule has 1 atom stereocenters. The molecule has 0 aromatic heterocycles. The van der Waals surface area contributed by atoms with Crippen molar-refractivity contribution in [3.8, 4) is 0 Å². The largest absolute Gasteiger partial charge is 0.467 e. The maximum Gasteiger partial charge on any atom is 0.328 e. The Balaban J connectivity index is 1.89. The molecule has 0 saturated heterocycles. The van der Waals surface area contributed by atoms with Crippen LogP contribution in [0.5, 0.6) is 0 Å². The predicted octanol–water partition coefficient (Wildman–Crippen LogP) is 4.32. The first-order valence-electron chi connectivity index (χ1n) is 9.31. The average molecular weight is 499 g/mol. The van der Waals surface area contributed by atoms with E-state index in [9.17, 15) is 9.59 Å². The molecule has 5 heteroatoms. The molecule has 0 bridgehead atoms. The normalized spacial score (nSPS) is 11.7. The number of ether oxygens (including phenoxy) is 1. The predicted molar refractivity (Wildman–Crippen MR) is 122 cm³/mol. The minimum Gasteiger partial charge on any atom is -0.467 e. The fourth-order valence-corrected chi connectivity index (χ4v) is 3.87. The van der Waals surface area contributed by atoms with Crippen molar-refractivity contribution >= 4 is 34.5 Å². The first kappa shape index (κ1) is 21.0. The van der Waals surface area contributed by atoms with Gasteiger partial charge < -0.3 is 10.1 Å². The van der Waals surface area contributed by atoms with Gasteiger partial charge in [0.05, 0.1) is 13.0 Å². The van der Waals surface area contributed by atoms with Gasteiger partial charge in [0.2, 0.25) is 5.91 Å².